The quantitative estimate of drug-likeness (QED) is 0.691. The van der Waals surface area contributed by atoms with Crippen molar-refractivity contribution in [3.8, 4) is 0 Å². The fourth-order valence-corrected chi connectivity index (χ4v) is 1.80. The van der Waals surface area contributed by atoms with Crippen LogP contribution in [0.2, 0.25) is 0 Å². The van der Waals surface area contributed by atoms with Crippen LogP contribution in [0.3, 0.4) is 0 Å². The maximum Gasteiger partial charge on any atom is 0.247 e. The molecular weight excluding hydrogens is 200 g/mol. The van der Waals surface area contributed by atoms with Crippen LogP contribution in [0.4, 0.5) is 5.69 Å². The first-order valence-corrected chi connectivity index (χ1v) is 4.63. The molecule has 72 valence electrons. The van der Waals surface area contributed by atoms with E-state index in [0.29, 0.717) is 5.57 Å². The van der Waals surface area contributed by atoms with Crippen molar-refractivity contribution in [2.45, 2.75) is 5.38 Å². The van der Waals surface area contributed by atoms with Gasteiger partial charge in [0.05, 0.1) is 11.0 Å². The number of halogens is 1. The lowest BCUT2D eigenvalue weighted by atomic mass is 10.00. The van der Waals surface area contributed by atoms with E-state index in [1.54, 1.807) is 6.20 Å². The van der Waals surface area contributed by atoms with E-state index in [4.69, 9.17) is 17.3 Å². The highest BCUT2D eigenvalue weighted by Crippen LogP contribution is 2.36. The minimum absolute atomic E-state index is 0.394. The molecule has 1 aromatic rings. The minimum Gasteiger partial charge on any atom is -0.366 e. The molecular formula is C10H9ClN2O. The summed E-state index contributed by atoms with van der Waals surface area (Å²) in [5, 5.41) is 2.52. The van der Waals surface area contributed by atoms with Crippen LogP contribution in [0, 0.1) is 0 Å². The van der Waals surface area contributed by atoms with Crippen LogP contribution in [0.1, 0.15) is 10.9 Å². The molecule has 1 aliphatic rings. The summed E-state index contributed by atoms with van der Waals surface area (Å²) in [5.74, 6) is -0.494. The first-order valence-electron chi connectivity index (χ1n) is 4.19. The maximum atomic E-state index is 11.0. The summed E-state index contributed by atoms with van der Waals surface area (Å²) in [6.07, 6.45) is 1.56. The second-order valence-electron chi connectivity index (χ2n) is 3.06. The molecule has 1 atom stereocenters. The number of carbonyl (C=O) groups is 1. The summed E-state index contributed by atoms with van der Waals surface area (Å²) in [5.41, 5.74) is 7.37. The smallest absolute Gasteiger partial charge is 0.247 e. The van der Waals surface area contributed by atoms with Crippen molar-refractivity contribution in [2.24, 2.45) is 5.73 Å². The molecule has 1 heterocycles. The van der Waals surface area contributed by atoms with Crippen LogP contribution in [-0.4, -0.2) is 5.91 Å². The number of fused-ring (bicyclic) bond motifs is 1. The van der Waals surface area contributed by atoms with Gasteiger partial charge in [0.1, 0.15) is 0 Å². The Balaban J connectivity index is 2.44. The van der Waals surface area contributed by atoms with E-state index in [-0.39, 0.29) is 0 Å². The lowest BCUT2D eigenvalue weighted by Crippen LogP contribution is -2.21. The van der Waals surface area contributed by atoms with Crippen LogP contribution in [0.5, 0.6) is 0 Å². The maximum absolute atomic E-state index is 11.0. The molecule has 1 aromatic carbocycles. The van der Waals surface area contributed by atoms with Crippen LogP contribution in [0.15, 0.2) is 36.0 Å². The van der Waals surface area contributed by atoms with Gasteiger partial charge in [-0.1, -0.05) is 18.2 Å². The number of hydrogen-bond donors (Lipinski definition) is 2. The number of benzene rings is 1. The summed E-state index contributed by atoms with van der Waals surface area (Å²) in [6, 6.07) is 7.55. The molecule has 0 aliphatic carbocycles. The molecule has 1 amide bonds. The Morgan fingerprint density at radius 1 is 1.43 bits per heavy atom. The van der Waals surface area contributed by atoms with Gasteiger partial charge in [-0.15, -0.1) is 11.6 Å². The van der Waals surface area contributed by atoms with Gasteiger partial charge in [-0.3, -0.25) is 4.79 Å². The minimum atomic E-state index is -0.494. The zero-order valence-electron chi connectivity index (χ0n) is 7.33. The number of primary amides is 1. The van der Waals surface area contributed by atoms with E-state index in [1.165, 1.54) is 0 Å². The van der Waals surface area contributed by atoms with Gasteiger partial charge in [0.15, 0.2) is 0 Å². The normalized spacial score (nSPS) is 19.2. The number of rotatable bonds is 1. The third kappa shape index (κ3) is 1.36. The number of carbonyl (C=O) groups excluding carboxylic acids is 1. The molecule has 0 fully saturated rings. The highest BCUT2D eigenvalue weighted by molar-refractivity contribution is 6.26. The van der Waals surface area contributed by atoms with Crippen molar-refractivity contribution in [1.29, 1.82) is 0 Å². The number of amides is 1. The Morgan fingerprint density at radius 3 is 2.86 bits per heavy atom. The molecule has 4 heteroatoms. The van der Waals surface area contributed by atoms with E-state index in [0.717, 1.165) is 11.3 Å². The van der Waals surface area contributed by atoms with Gasteiger partial charge >= 0.3 is 0 Å². The fourth-order valence-electron chi connectivity index (χ4n) is 1.44. The Kier molecular flexibility index (Phi) is 2.17. The van der Waals surface area contributed by atoms with Crippen molar-refractivity contribution in [2.75, 3.05) is 5.32 Å². The molecule has 1 unspecified atom stereocenters. The molecule has 3 N–H and O–H groups in total. The standard InChI is InChI=1S/C10H9ClN2O/c11-9-6-3-1-2-4-8(6)13-5-7(9)10(12)14/h1-5,9,13H,(H2,12,14). The molecule has 3 nitrogen and oxygen atoms in total. The van der Waals surface area contributed by atoms with Gasteiger partial charge in [-0.05, 0) is 11.6 Å². The molecule has 0 bridgehead atoms. The van der Waals surface area contributed by atoms with Gasteiger partial charge < -0.3 is 11.1 Å². The molecule has 2 rings (SSSR count). The van der Waals surface area contributed by atoms with Gasteiger partial charge in [0.2, 0.25) is 5.91 Å². The number of para-hydroxylation sites is 1. The van der Waals surface area contributed by atoms with Crippen molar-refractivity contribution >= 4 is 23.2 Å². The molecule has 1 aliphatic heterocycles. The molecule has 0 aromatic heterocycles. The first-order chi connectivity index (χ1) is 6.70. The van der Waals surface area contributed by atoms with Crippen molar-refractivity contribution < 1.29 is 4.79 Å². The lowest BCUT2D eigenvalue weighted by molar-refractivity contribution is -0.114. The zero-order chi connectivity index (χ0) is 10.1. The third-order valence-electron chi connectivity index (χ3n) is 2.17. The van der Waals surface area contributed by atoms with Crippen LogP contribution in [0.25, 0.3) is 0 Å². The number of anilines is 1. The molecule has 0 radical (unpaired) electrons. The van der Waals surface area contributed by atoms with Crippen LogP contribution >= 0.6 is 11.6 Å². The number of nitrogens with one attached hydrogen (secondary N) is 1. The van der Waals surface area contributed by atoms with E-state index in [1.807, 2.05) is 24.3 Å². The lowest BCUT2D eigenvalue weighted by Gasteiger charge is -2.21. The Hall–Kier alpha value is -1.48. The molecule has 0 saturated heterocycles. The summed E-state index contributed by atoms with van der Waals surface area (Å²) in [7, 11) is 0. The highest BCUT2D eigenvalue weighted by Gasteiger charge is 2.23. The van der Waals surface area contributed by atoms with E-state index in [9.17, 15) is 4.79 Å². The van der Waals surface area contributed by atoms with Gasteiger partial charge in [0.25, 0.3) is 0 Å². The predicted molar refractivity (Wildman–Crippen MR) is 55.9 cm³/mol. The Bertz CT molecular complexity index is 414. The predicted octanol–water partition coefficient (Wildman–Crippen LogP) is 1.76. The van der Waals surface area contributed by atoms with Gasteiger partial charge in [-0.25, -0.2) is 0 Å². The third-order valence-corrected chi connectivity index (χ3v) is 2.64. The van der Waals surface area contributed by atoms with E-state index in [2.05, 4.69) is 5.32 Å². The SMILES string of the molecule is NC(=O)C1=CNc2ccccc2C1Cl. The largest absolute Gasteiger partial charge is 0.366 e. The summed E-state index contributed by atoms with van der Waals surface area (Å²) < 4.78 is 0. The molecule has 0 saturated carbocycles. The molecule has 14 heavy (non-hydrogen) atoms. The number of alkyl halides is 1. The van der Waals surface area contributed by atoms with Crippen molar-refractivity contribution in [1.82, 2.24) is 0 Å². The summed E-state index contributed by atoms with van der Waals surface area (Å²) >= 11 is 6.10. The number of nitrogens with two attached hydrogens (primary N) is 1. The van der Waals surface area contributed by atoms with E-state index < -0.39 is 11.3 Å². The fraction of sp³-hybridized carbons (Fsp3) is 0.100. The van der Waals surface area contributed by atoms with Crippen LogP contribution < -0.4 is 11.1 Å². The summed E-state index contributed by atoms with van der Waals surface area (Å²) in [4.78, 5) is 11.0. The zero-order valence-corrected chi connectivity index (χ0v) is 8.08. The average molecular weight is 209 g/mol. The second kappa shape index (κ2) is 3.35. The topological polar surface area (TPSA) is 55.1 Å². The van der Waals surface area contributed by atoms with Crippen molar-refractivity contribution in [3.05, 3.63) is 41.6 Å². The number of hydrogen-bond acceptors (Lipinski definition) is 2. The molecule has 0 spiro atoms. The Morgan fingerprint density at radius 2 is 2.14 bits per heavy atom. The van der Waals surface area contributed by atoms with E-state index >= 15 is 0 Å². The average Bonchev–Trinajstić information content (AvgIpc) is 2.18. The second-order valence-corrected chi connectivity index (χ2v) is 3.49. The highest BCUT2D eigenvalue weighted by atomic mass is 35.5. The van der Waals surface area contributed by atoms with Crippen molar-refractivity contribution in [3.63, 3.8) is 0 Å². The first kappa shape index (κ1) is 9.09. The summed E-state index contributed by atoms with van der Waals surface area (Å²) in [6.45, 7) is 0. The monoisotopic (exact) mass is 208 g/mol. The Labute approximate surface area is 86.6 Å². The van der Waals surface area contributed by atoms with Crippen LogP contribution in [-0.2, 0) is 4.79 Å². The van der Waals surface area contributed by atoms with Gasteiger partial charge in [0, 0.05) is 11.9 Å². The van der Waals surface area contributed by atoms with Gasteiger partial charge in [-0.2, -0.15) is 0 Å².